The topological polar surface area (TPSA) is 73.6 Å². The molecule has 0 saturated heterocycles. The van der Waals surface area contributed by atoms with Crippen molar-refractivity contribution in [2.75, 3.05) is 13.7 Å². The highest BCUT2D eigenvalue weighted by molar-refractivity contribution is 5.75. The predicted octanol–water partition coefficient (Wildman–Crippen LogP) is 3.40. The highest BCUT2D eigenvalue weighted by Gasteiger charge is 2.59. The van der Waals surface area contributed by atoms with Gasteiger partial charge in [0, 0.05) is 12.1 Å². The molecule has 1 amide bonds. The summed E-state index contributed by atoms with van der Waals surface area (Å²) in [6.07, 6.45) is 8.11. The average molecular weight is 373 g/mol. The van der Waals surface area contributed by atoms with Crippen LogP contribution in [-0.2, 0) is 11.3 Å². The van der Waals surface area contributed by atoms with E-state index in [1.807, 2.05) is 18.2 Å². The van der Waals surface area contributed by atoms with Crippen molar-refractivity contribution in [1.29, 1.82) is 0 Å². The van der Waals surface area contributed by atoms with Crippen LogP contribution in [0.15, 0.2) is 18.2 Å². The molecular formula is C22H32N2O3. The third kappa shape index (κ3) is 3.66. The molecule has 1 aromatic rings. The molecule has 5 rings (SSSR count). The first-order valence-corrected chi connectivity index (χ1v) is 10.1. The van der Waals surface area contributed by atoms with Crippen molar-refractivity contribution in [3.05, 3.63) is 23.8 Å². The third-order valence-corrected chi connectivity index (χ3v) is 6.89. The van der Waals surface area contributed by atoms with E-state index in [9.17, 15) is 4.79 Å². The van der Waals surface area contributed by atoms with E-state index < -0.39 is 5.91 Å². The van der Waals surface area contributed by atoms with Gasteiger partial charge in [-0.15, -0.1) is 0 Å². The maximum atomic E-state index is 10.9. The normalized spacial score (nSPS) is 36.6. The molecule has 4 aliphatic rings. The molecule has 0 spiro atoms. The van der Waals surface area contributed by atoms with E-state index in [0.717, 1.165) is 12.5 Å². The first-order chi connectivity index (χ1) is 12.7. The summed E-state index contributed by atoms with van der Waals surface area (Å²) in [6, 6.07) is 5.89. The van der Waals surface area contributed by atoms with E-state index in [-0.39, 0.29) is 12.1 Å². The Balaban J connectivity index is 1.46. The molecule has 3 N–H and O–H groups in total. The Hall–Kier alpha value is -1.75. The van der Waals surface area contributed by atoms with Gasteiger partial charge in [0.2, 0.25) is 0 Å². The van der Waals surface area contributed by atoms with Crippen molar-refractivity contribution in [3.63, 3.8) is 0 Å². The molecule has 2 unspecified atom stereocenters. The number of ether oxygens (including phenoxy) is 2. The fraction of sp³-hybridized carbons (Fsp3) is 0.682. The van der Waals surface area contributed by atoms with E-state index >= 15 is 0 Å². The third-order valence-electron chi connectivity index (χ3n) is 6.89. The number of primary amides is 1. The second-order valence-electron chi connectivity index (χ2n) is 10.0. The van der Waals surface area contributed by atoms with Crippen LogP contribution in [0.1, 0.15) is 57.9 Å². The predicted molar refractivity (Wildman–Crippen MR) is 105 cm³/mol. The van der Waals surface area contributed by atoms with Crippen LogP contribution in [0.2, 0.25) is 0 Å². The monoisotopic (exact) mass is 372 g/mol. The molecule has 0 aromatic heterocycles. The van der Waals surface area contributed by atoms with E-state index in [0.29, 0.717) is 22.3 Å². The van der Waals surface area contributed by atoms with Crippen molar-refractivity contribution in [2.45, 2.75) is 64.5 Å². The Labute approximate surface area is 162 Å². The first-order valence-electron chi connectivity index (χ1n) is 10.1. The molecule has 4 aliphatic carbocycles. The molecule has 4 atom stereocenters. The summed E-state index contributed by atoms with van der Waals surface area (Å²) >= 11 is 0. The molecule has 5 heteroatoms. The average Bonchev–Trinajstić information content (AvgIpc) is 2.55. The molecule has 4 saturated carbocycles. The minimum absolute atomic E-state index is 0.143. The Morgan fingerprint density at radius 1 is 1.15 bits per heavy atom. The Morgan fingerprint density at radius 3 is 2.44 bits per heavy atom. The highest BCUT2D eigenvalue weighted by atomic mass is 16.5. The Morgan fingerprint density at radius 2 is 1.85 bits per heavy atom. The second-order valence-corrected chi connectivity index (χ2v) is 10.0. The fourth-order valence-electron chi connectivity index (χ4n) is 7.02. The lowest BCUT2D eigenvalue weighted by Crippen LogP contribution is -2.63. The summed E-state index contributed by atoms with van der Waals surface area (Å²) in [5.41, 5.74) is 7.62. The number of hydrogen-bond donors (Lipinski definition) is 2. The second kappa shape index (κ2) is 6.40. The lowest BCUT2D eigenvalue weighted by Gasteiger charge is -2.65. The molecule has 0 heterocycles. The zero-order chi connectivity index (χ0) is 19.3. The number of rotatable bonds is 7. The van der Waals surface area contributed by atoms with Gasteiger partial charge in [-0.25, -0.2) is 0 Å². The number of nitrogens with one attached hydrogen (secondary N) is 1. The van der Waals surface area contributed by atoms with Gasteiger partial charge in [0.15, 0.2) is 18.1 Å². The summed E-state index contributed by atoms with van der Waals surface area (Å²) in [7, 11) is 1.62. The number of amides is 1. The maximum absolute atomic E-state index is 10.9. The lowest BCUT2D eigenvalue weighted by molar-refractivity contribution is -0.120. The molecule has 0 radical (unpaired) electrons. The summed E-state index contributed by atoms with van der Waals surface area (Å²) in [5, 5.41) is 3.94. The highest BCUT2D eigenvalue weighted by Crippen LogP contribution is 2.66. The van der Waals surface area contributed by atoms with Crippen LogP contribution >= 0.6 is 0 Å². The smallest absolute Gasteiger partial charge is 0.255 e. The van der Waals surface area contributed by atoms with Crippen LogP contribution < -0.4 is 20.5 Å². The van der Waals surface area contributed by atoms with Gasteiger partial charge in [-0.05, 0) is 73.0 Å². The maximum Gasteiger partial charge on any atom is 0.255 e. The number of carbonyl (C=O) groups is 1. The minimum atomic E-state index is -0.494. The van der Waals surface area contributed by atoms with Gasteiger partial charge in [-0.1, -0.05) is 19.9 Å². The van der Waals surface area contributed by atoms with Crippen molar-refractivity contribution in [3.8, 4) is 11.5 Å². The minimum Gasteiger partial charge on any atom is -0.493 e. The van der Waals surface area contributed by atoms with Crippen LogP contribution in [0.25, 0.3) is 0 Å². The van der Waals surface area contributed by atoms with Crippen molar-refractivity contribution >= 4 is 5.91 Å². The standard InChI is InChI=1S/C22H32N2O3/c1-20-7-16-8-21(2,12-20)14-22(9-16,13-20)24-10-15-4-5-17(18(6-15)26-3)27-11-19(23)25/h4-6,16,24H,7-14H2,1-3H3,(H2,23,25)/t16?,20-,21+,22?. The lowest BCUT2D eigenvalue weighted by atomic mass is 9.43. The molecule has 27 heavy (non-hydrogen) atoms. The fourth-order valence-corrected chi connectivity index (χ4v) is 7.02. The number of benzene rings is 1. The molecular weight excluding hydrogens is 340 g/mol. The molecule has 5 nitrogen and oxygen atoms in total. The van der Waals surface area contributed by atoms with Crippen LogP contribution in [0.3, 0.4) is 0 Å². The van der Waals surface area contributed by atoms with E-state index in [2.05, 4.69) is 19.2 Å². The Bertz CT molecular complexity index is 729. The van der Waals surface area contributed by atoms with Crippen molar-refractivity contribution in [1.82, 2.24) is 5.32 Å². The van der Waals surface area contributed by atoms with Gasteiger partial charge in [-0.3, -0.25) is 4.79 Å². The SMILES string of the molecule is COc1cc(CNC23CC4C[C@@](C)(C2)C[C@](C)(C4)C3)ccc1OCC(N)=O. The van der Waals surface area contributed by atoms with Crippen LogP contribution in [-0.4, -0.2) is 25.2 Å². The summed E-state index contributed by atoms with van der Waals surface area (Å²) in [4.78, 5) is 10.9. The summed E-state index contributed by atoms with van der Waals surface area (Å²) in [5.74, 6) is 1.57. The molecule has 4 bridgehead atoms. The first kappa shape index (κ1) is 18.6. The van der Waals surface area contributed by atoms with Gasteiger partial charge in [0.1, 0.15) is 0 Å². The van der Waals surface area contributed by atoms with E-state index in [1.165, 1.54) is 44.1 Å². The zero-order valence-corrected chi connectivity index (χ0v) is 16.8. The summed E-state index contributed by atoms with van der Waals surface area (Å²) < 4.78 is 10.9. The van der Waals surface area contributed by atoms with Gasteiger partial charge in [-0.2, -0.15) is 0 Å². The quantitative estimate of drug-likeness (QED) is 0.769. The zero-order valence-electron chi connectivity index (χ0n) is 16.8. The molecule has 4 fully saturated rings. The van der Waals surface area contributed by atoms with Gasteiger partial charge in [0.05, 0.1) is 7.11 Å². The van der Waals surface area contributed by atoms with Crippen molar-refractivity contribution in [2.24, 2.45) is 22.5 Å². The largest absolute Gasteiger partial charge is 0.493 e. The van der Waals surface area contributed by atoms with E-state index in [1.54, 1.807) is 7.11 Å². The number of nitrogens with two attached hydrogens (primary N) is 1. The van der Waals surface area contributed by atoms with Crippen LogP contribution in [0.4, 0.5) is 0 Å². The number of carbonyl (C=O) groups excluding carboxylic acids is 1. The Kier molecular flexibility index (Phi) is 4.41. The number of methoxy groups -OCH3 is 1. The molecule has 148 valence electrons. The van der Waals surface area contributed by atoms with Crippen LogP contribution in [0, 0.1) is 16.7 Å². The van der Waals surface area contributed by atoms with Gasteiger partial charge in [0.25, 0.3) is 5.91 Å². The number of hydrogen-bond acceptors (Lipinski definition) is 4. The molecule has 1 aromatic carbocycles. The van der Waals surface area contributed by atoms with Crippen LogP contribution in [0.5, 0.6) is 11.5 Å². The van der Waals surface area contributed by atoms with Gasteiger partial charge >= 0.3 is 0 Å². The van der Waals surface area contributed by atoms with Crippen molar-refractivity contribution < 1.29 is 14.3 Å². The van der Waals surface area contributed by atoms with E-state index in [4.69, 9.17) is 15.2 Å². The summed E-state index contributed by atoms with van der Waals surface area (Å²) in [6.45, 7) is 5.68. The van der Waals surface area contributed by atoms with Gasteiger partial charge < -0.3 is 20.5 Å². The molecule has 0 aliphatic heterocycles.